The van der Waals surface area contributed by atoms with Crippen molar-refractivity contribution in [3.63, 3.8) is 0 Å². The van der Waals surface area contributed by atoms with Crippen molar-refractivity contribution in [3.05, 3.63) is 35.9 Å². The maximum atomic E-state index is 3.76. The van der Waals surface area contributed by atoms with Gasteiger partial charge >= 0.3 is 0 Å². The van der Waals surface area contributed by atoms with Crippen LogP contribution in [0, 0.1) is 0 Å². The molecule has 0 radical (unpaired) electrons. The van der Waals surface area contributed by atoms with Crippen molar-refractivity contribution in [2.75, 3.05) is 12.4 Å². The van der Waals surface area contributed by atoms with Crippen LogP contribution in [0.5, 0.6) is 0 Å². The molecule has 12 heavy (non-hydrogen) atoms. The molecule has 0 amide bonds. The van der Waals surface area contributed by atoms with Crippen LogP contribution in [0.3, 0.4) is 0 Å². The Balaban J connectivity index is 3.10. The fourth-order valence-electron chi connectivity index (χ4n) is 1.22. The van der Waals surface area contributed by atoms with Crippen LogP contribution >= 0.6 is 0 Å². The van der Waals surface area contributed by atoms with E-state index in [0.29, 0.717) is 0 Å². The van der Waals surface area contributed by atoms with Crippen LogP contribution in [-0.4, -0.2) is 7.05 Å². The van der Waals surface area contributed by atoms with Gasteiger partial charge in [0.05, 0.1) is 0 Å². The summed E-state index contributed by atoms with van der Waals surface area (Å²) in [4.78, 5) is 0. The summed E-state index contributed by atoms with van der Waals surface area (Å²) in [6.07, 6.45) is 2.94. The number of benzene rings is 1. The summed E-state index contributed by atoms with van der Waals surface area (Å²) >= 11 is 0. The zero-order valence-electron chi connectivity index (χ0n) is 7.72. The van der Waals surface area contributed by atoms with Crippen molar-refractivity contribution >= 4 is 11.8 Å². The zero-order chi connectivity index (χ0) is 8.97. The molecule has 0 spiro atoms. The van der Waals surface area contributed by atoms with Gasteiger partial charge in [-0.1, -0.05) is 31.7 Å². The molecular weight excluding hydrogens is 146 g/mol. The fourth-order valence-corrected chi connectivity index (χ4v) is 1.22. The SMILES string of the molecule is C=Cc1ccc(CC)cc1NC. The summed E-state index contributed by atoms with van der Waals surface area (Å²) in [6, 6.07) is 6.40. The summed E-state index contributed by atoms with van der Waals surface area (Å²) in [7, 11) is 1.93. The molecule has 0 saturated heterocycles. The zero-order valence-corrected chi connectivity index (χ0v) is 7.72. The highest BCUT2D eigenvalue weighted by Gasteiger charge is 1.97. The third-order valence-corrected chi connectivity index (χ3v) is 2.02. The normalized spacial score (nSPS) is 9.50. The molecule has 0 aromatic heterocycles. The molecule has 0 aliphatic rings. The predicted molar refractivity (Wildman–Crippen MR) is 55.5 cm³/mol. The van der Waals surface area contributed by atoms with Gasteiger partial charge in [0.15, 0.2) is 0 Å². The van der Waals surface area contributed by atoms with E-state index in [9.17, 15) is 0 Å². The van der Waals surface area contributed by atoms with E-state index in [0.717, 1.165) is 17.7 Å². The van der Waals surface area contributed by atoms with Gasteiger partial charge in [-0.15, -0.1) is 0 Å². The topological polar surface area (TPSA) is 12.0 Å². The highest BCUT2D eigenvalue weighted by atomic mass is 14.8. The molecule has 1 nitrogen and oxygen atoms in total. The van der Waals surface area contributed by atoms with Gasteiger partial charge in [0, 0.05) is 12.7 Å². The standard InChI is InChI=1S/C11H15N/c1-4-9-6-7-10(5-2)11(8-9)12-3/h5-8,12H,2,4H2,1,3H3. The first-order chi connectivity index (χ1) is 5.81. The average molecular weight is 161 g/mol. The number of anilines is 1. The second kappa shape index (κ2) is 3.96. The van der Waals surface area contributed by atoms with Gasteiger partial charge in [-0.05, 0) is 23.6 Å². The molecule has 0 unspecified atom stereocenters. The maximum Gasteiger partial charge on any atom is 0.0413 e. The third kappa shape index (κ3) is 1.67. The lowest BCUT2D eigenvalue weighted by molar-refractivity contribution is 1.14. The van der Waals surface area contributed by atoms with E-state index in [-0.39, 0.29) is 0 Å². The lowest BCUT2D eigenvalue weighted by atomic mass is 10.1. The molecule has 64 valence electrons. The second-order valence-corrected chi connectivity index (χ2v) is 2.73. The first kappa shape index (κ1) is 8.85. The number of nitrogens with one attached hydrogen (secondary N) is 1. The summed E-state index contributed by atoms with van der Waals surface area (Å²) in [5.41, 5.74) is 3.67. The van der Waals surface area contributed by atoms with Crippen molar-refractivity contribution in [2.45, 2.75) is 13.3 Å². The number of hydrogen-bond acceptors (Lipinski definition) is 1. The molecule has 0 atom stereocenters. The van der Waals surface area contributed by atoms with Crippen LogP contribution in [0.4, 0.5) is 5.69 Å². The predicted octanol–water partition coefficient (Wildman–Crippen LogP) is 2.93. The molecule has 0 fully saturated rings. The van der Waals surface area contributed by atoms with E-state index in [1.165, 1.54) is 5.56 Å². The minimum Gasteiger partial charge on any atom is -0.388 e. The quantitative estimate of drug-likeness (QED) is 0.718. The largest absolute Gasteiger partial charge is 0.388 e. The molecular formula is C11H15N. The van der Waals surface area contributed by atoms with E-state index in [1.54, 1.807) is 0 Å². The first-order valence-electron chi connectivity index (χ1n) is 4.25. The Bertz CT molecular complexity index is 276. The Morgan fingerprint density at radius 3 is 2.75 bits per heavy atom. The van der Waals surface area contributed by atoms with E-state index < -0.39 is 0 Å². The van der Waals surface area contributed by atoms with E-state index in [4.69, 9.17) is 0 Å². The van der Waals surface area contributed by atoms with Gasteiger partial charge in [0.25, 0.3) is 0 Å². The molecule has 1 N–H and O–H groups in total. The monoisotopic (exact) mass is 161 g/mol. The van der Waals surface area contributed by atoms with E-state index in [1.807, 2.05) is 13.1 Å². The highest BCUT2D eigenvalue weighted by Crippen LogP contribution is 2.18. The Hall–Kier alpha value is -1.24. The molecule has 1 aromatic carbocycles. The lowest BCUT2D eigenvalue weighted by Crippen LogP contribution is -1.92. The number of rotatable bonds is 3. The van der Waals surface area contributed by atoms with Gasteiger partial charge in [-0.3, -0.25) is 0 Å². The van der Waals surface area contributed by atoms with Crippen molar-refractivity contribution in [1.29, 1.82) is 0 Å². The molecule has 1 heteroatoms. The average Bonchev–Trinajstić information content (AvgIpc) is 2.16. The van der Waals surface area contributed by atoms with Gasteiger partial charge in [-0.25, -0.2) is 0 Å². The first-order valence-corrected chi connectivity index (χ1v) is 4.25. The van der Waals surface area contributed by atoms with E-state index >= 15 is 0 Å². The Morgan fingerprint density at radius 1 is 1.50 bits per heavy atom. The molecule has 1 aromatic rings. The summed E-state index contributed by atoms with van der Waals surface area (Å²) in [5.74, 6) is 0. The minimum atomic E-state index is 1.08. The van der Waals surface area contributed by atoms with E-state index in [2.05, 4.69) is 37.0 Å². The van der Waals surface area contributed by atoms with Crippen molar-refractivity contribution in [3.8, 4) is 0 Å². The Morgan fingerprint density at radius 2 is 2.25 bits per heavy atom. The third-order valence-electron chi connectivity index (χ3n) is 2.02. The van der Waals surface area contributed by atoms with Gasteiger partial charge < -0.3 is 5.32 Å². The van der Waals surface area contributed by atoms with Crippen molar-refractivity contribution in [2.24, 2.45) is 0 Å². The number of hydrogen-bond donors (Lipinski definition) is 1. The molecule has 1 rings (SSSR count). The summed E-state index contributed by atoms with van der Waals surface area (Å²) < 4.78 is 0. The van der Waals surface area contributed by atoms with Crippen LogP contribution < -0.4 is 5.32 Å². The molecule has 0 saturated carbocycles. The molecule has 0 aliphatic carbocycles. The molecule has 0 bridgehead atoms. The highest BCUT2D eigenvalue weighted by molar-refractivity contribution is 5.66. The smallest absolute Gasteiger partial charge is 0.0413 e. The van der Waals surface area contributed by atoms with Crippen LogP contribution in [-0.2, 0) is 6.42 Å². The molecule has 0 heterocycles. The Labute approximate surface area is 74.1 Å². The second-order valence-electron chi connectivity index (χ2n) is 2.73. The molecule has 0 aliphatic heterocycles. The summed E-state index contributed by atoms with van der Waals surface area (Å²) in [5, 5.41) is 3.15. The summed E-state index contributed by atoms with van der Waals surface area (Å²) in [6.45, 7) is 5.91. The van der Waals surface area contributed by atoms with Crippen molar-refractivity contribution in [1.82, 2.24) is 0 Å². The fraction of sp³-hybridized carbons (Fsp3) is 0.273. The van der Waals surface area contributed by atoms with Crippen molar-refractivity contribution < 1.29 is 0 Å². The van der Waals surface area contributed by atoms with Gasteiger partial charge in [-0.2, -0.15) is 0 Å². The maximum absolute atomic E-state index is 3.76. The van der Waals surface area contributed by atoms with Crippen LogP contribution in [0.25, 0.3) is 6.08 Å². The van der Waals surface area contributed by atoms with Gasteiger partial charge in [0.2, 0.25) is 0 Å². The van der Waals surface area contributed by atoms with Crippen LogP contribution in [0.1, 0.15) is 18.1 Å². The lowest BCUT2D eigenvalue weighted by Gasteiger charge is -2.06. The Kier molecular flexibility index (Phi) is 2.92. The minimum absolute atomic E-state index is 1.08. The number of aryl methyl sites for hydroxylation is 1. The van der Waals surface area contributed by atoms with Crippen LogP contribution in [0.2, 0.25) is 0 Å². The van der Waals surface area contributed by atoms with Crippen LogP contribution in [0.15, 0.2) is 24.8 Å². The van der Waals surface area contributed by atoms with Gasteiger partial charge in [0.1, 0.15) is 0 Å².